The van der Waals surface area contributed by atoms with Crippen molar-refractivity contribution >= 4 is 35.0 Å². The van der Waals surface area contributed by atoms with Gasteiger partial charge in [-0.25, -0.2) is 0 Å². The third-order valence-electron chi connectivity index (χ3n) is 2.98. The summed E-state index contributed by atoms with van der Waals surface area (Å²) >= 11 is 13.9. The highest BCUT2D eigenvalue weighted by molar-refractivity contribution is 7.98. The minimum atomic E-state index is 0.628. The molecule has 0 fully saturated rings. The van der Waals surface area contributed by atoms with Crippen LogP contribution in [0.5, 0.6) is 0 Å². The van der Waals surface area contributed by atoms with Crippen molar-refractivity contribution < 1.29 is 4.42 Å². The van der Waals surface area contributed by atoms with Crippen molar-refractivity contribution in [2.24, 2.45) is 7.05 Å². The fourth-order valence-electron chi connectivity index (χ4n) is 1.87. The molecule has 108 valence electrons. The number of aromatic nitrogens is 3. The first-order chi connectivity index (χ1) is 10.2. The minimum absolute atomic E-state index is 0.628. The number of hydrogen-bond acceptors (Lipinski definition) is 4. The lowest BCUT2D eigenvalue weighted by Gasteiger charge is -2.06. The Labute approximate surface area is 136 Å². The summed E-state index contributed by atoms with van der Waals surface area (Å²) < 4.78 is 7.22. The Kier molecular flexibility index (Phi) is 4.24. The number of furan rings is 1. The van der Waals surface area contributed by atoms with E-state index in [0.29, 0.717) is 27.4 Å². The van der Waals surface area contributed by atoms with Crippen LogP contribution in [0.3, 0.4) is 0 Å². The molecule has 0 unspecified atom stereocenters. The van der Waals surface area contributed by atoms with Crippen LogP contribution in [0.2, 0.25) is 10.0 Å². The SMILES string of the molecule is Cn1c(SCc2c(Cl)cccc2Cl)nnc1-c1ccco1. The molecule has 0 aliphatic heterocycles. The summed E-state index contributed by atoms with van der Waals surface area (Å²) in [5, 5.41) is 10.4. The second-order valence-corrected chi connectivity index (χ2v) is 6.09. The highest BCUT2D eigenvalue weighted by atomic mass is 35.5. The number of halogens is 2. The summed E-state index contributed by atoms with van der Waals surface area (Å²) in [5.41, 5.74) is 0.897. The number of hydrogen-bond donors (Lipinski definition) is 0. The first-order valence-electron chi connectivity index (χ1n) is 6.16. The lowest BCUT2D eigenvalue weighted by molar-refractivity contribution is 0.572. The molecular formula is C14H11Cl2N3OS. The molecule has 0 aliphatic rings. The van der Waals surface area contributed by atoms with Gasteiger partial charge in [0.15, 0.2) is 16.7 Å². The molecule has 0 aliphatic carbocycles. The van der Waals surface area contributed by atoms with E-state index >= 15 is 0 Å². The number of benzene rings is 1. The number of thioether (sulfide) groups is 1. The molecule has 0 amide bonds. The molecule has 0 radical (unpaired) electrons. The van der Waals surface area contributed by atoms with Crippen molar-refractivity contribution in [1.82, 2.24) is 14.8 Å². The van der Waals surface area contributed by atoms with Gasteiger partial charge in [0.2, 0.25) is 0 Å². The van der Waals surface area contributed by atoms with Crippen LogP contribution in [0.25, 0.3) is 11.6 Å². The molecule has 0 saturated carbocycles. The maximum Gasteiger partial charge on any atom is 0.200 e. The average Bonchev–Trinajstić information content (AvgIpc) is 3.08. The minimum Gasteiger partial charge on any atom is -0.461 e. The molecule has 0 atom stereocenters. The highest BCUT2D eigenvalue weighted by Gasteiger charge is 2.14. The van der Waals surface area contributed by atoms with Gasteiger partial charge < -0.3 is 8.98 Å². The molecule has 3 rings (SSSR count). The summed E-state index contributed by atoms with van der Waals surface area (Å²) in [4.78, 5) is 0. The Balaban J connectivity index is 1.81. The number of rotatable bonds is 4. The van der Waals surface area contributed by atoms with Crippen molar-refractivity contribution in [3.63, 3.8) is 0 Å². The van der Waals surface area contributed by atoms with Gasteiger partial charge in [0.05, 0.1) is 6.26 Å². The molecule has 7 heteroatoms. The predicted octanol–water partition coefficient (Wildman–Crippen LogP) is 4.67. The Hall–Kier alpha value is -1.43. The van der Waals surface area contributed by atoms with Crippen LogP contribution >= 0.6 is 35.0 Å². The molecular weight excluding hydrogens is 329 g/mol. The van der Waals surface area contributed by atoms with Gasteiger partial charge in [-0.2, -0.15) is 0 Å². The van der Waals surface area contributed by atoms with Crippen molar-refractivity contribution in [3.05, 3.63) is 52.2 Å². The standard InChI is InChI=1S/C14H11Cl2N3OS/c1-19-13(12-6-3-7-20-12)17-18-14(19)21-8-9-10(15)4-2-5-11(9)16/h2-7H,8H2,1H3. The zero-order valence-corrected chi connectivity index (χ0v) is 13.4. The van der Waals surface area contributed by atoms with Gasteiger partial charge in [-0.05, 0) is 29.8 Å². The summed E-state index contributed by atoms with van der Waals surface area (Å²) in [6.07, 6.45) is 1.61. The van der Waals surface area contributed by atoms with Crippen molar-refractivity contribution in [3.8, 4) is 11.6 Å². The average molecular weight is 340 g/mol. The molecule has 3 aromatic rings. The fourth-order valence-corrected chi connectivity index (χ4v) is 3.52. The Morgan fingerprint density at radius 2 is 1.90 bits per heavy atom. The van der Waals surface area contributed by atoms with Crippen LogP contribution in [0, 0.1) is 0 Å². The van der Waals surface area contributed by atoms with Gasteiger partial charge in [-0.1, -0.05) is 41.0 Å². The summed E-state index contributed by atoms with van der Waals surface area (Å²) in [5.74, 6) is 2.00. The second kappa shape index (κ2) is 6.13. The number of nitrogens with zero attached hydrogens (tertiary/aromatic N) is 3. The van der Waals surface area contributed by atoms with E-state index < -0.39 is 0 Å². The van der Waals surface area contributed by atoms with E-state index in [1.165, 1.54) is 11.8 Å². The largest absolute Gasteiger partial charge is 0.461 e. The quantitative estimate of drug-likeness (QED) is 0.647. The van der Waals surface area contributed by atoms with Crippen LogP contribution in [-0.2, 0) is 12.8 Å². The van der Waals surface area contributed by atoms with Gasteiger partial charge in [0.25, 0.3) is 0 Å². The van der Waals surface area contributed by atoms with E-state index in [1.54, 1.807) is 6.26 Å². The molecule has 2 heterocycles. The van der Waals surface area contributed by atoms with Gasteiger partial charge in [-0.15, -0.1) is 10.2 Å². The van der Waals surface area contributed by atoms with E-state index in [-0.39, 0.29) is 0 Å². The molecule has 4 nitrogen and oxygen atoms in total. The maximum atomic E-state index is 6.17. The molecule has 0 bridgehead atoms. The van der Waals surface area contributed by atoms with E-state index in [0.717, 1.165) is 10.7 Å². The molecule has 0 saturated heterocycles. The fraction of sp³-hybridized carbons (Fsp3) is 0.143. The second-order valence-electron chi connectivity index (χ2n) is 4.33. The van der Waals surface area contributed by atoms with Crippen LogP contribution < -0.4 is 0 Å². The summed E-state index contributed by atoms with van der Waals surface area (Å²) in [7, 11) is 1.90. The first kappa shape index (κ1) is 14.5. The third kappa shape index (κ3) is 2.95. The van der Waals surface area contributed by atoms with Crippen LogP contribution in [0.1, 0.15) is 5.56 Å². The van der Waals surface area contributed by atoms with Crippen molar-refractivity contribution in [1.29, 1.82) is 0 Å². The zero-order chi connectivity index (χ0) is 14.8. The van der Waals surface area contributed by atoms with Gasteiger partial charge >= 0.3 is 0 Å². The van der Waals surface area contributed by atoms with Crippen molar-refractivity contribution in [2.45, 2.75) is 10.9 Å². The molecule has 0 N–H and O–H groups in total. The predicted molar refractivity (Wildman–Crippen MR) is 84.7 cm³/mol. The van der Waals surface area contributed by atoms with Crippen molar-refractivity contribution in [2.75, 3.05) is 0 Å². The van der Waals surface area contributed by atoms with E-state index in [4.69, 9.17) is 27.6 Å². The normalized spacial score (nSPS) is 11.0. The lowest BCUT2D eigenvalue weighted by atomic mass is 10.2. The van der Waals surface area contributed by atoms with Crippen LogP contribution in [0.15, 0.2) is 46.2 Å². The Morgan fingerprint density at radius 1 is 1.14 bits per heavy atom. The molecule has 0 spiro atoms. The monoisotopic (exact) mass is 339 g/mol. The van der Waals surface area contributed by atoms with E-state index in [9.17, 15) is 0 Å². The van der Waals surface area contributed by atoms with E-state index in [1.807, 2.05) is 41.9 Å². The Bertz CT molecular complexity index is 735. The maximum absolute atomic E-state index is 6.17. The van der Waals surface area contributed by atoms with Gasteiger partial charge in [0.1, 0.15) is 0 Å². The van der Waals surface area contributed by atoms with Crippen LogP contribution in [0.4, 0.5) is 0 Å². The molecule has 21 heavy (non-hydrogen) atoms. The summed E-state index contributed by atoms with van der Waals surface area (Å²) in [6, 6.07) is 9.16. The third-order valence-corrected chi connectivity index (χ3v) is 4.74. The first-order valence-corrected chi connectivity index (χ1v) is 7.90. The Morgan fingerprint density at radius 3 is 2.57 bits per heavy atom. The zero-order valence-electron chi connectivity index (χ0n) is 11.1. The topological polar surface area (TPSA) is 43.9 Å². The van der Waals surface area contributed by atoms with Gasteiger partial charge in [0, 0.05) is 22.8 Å². The lowest BCUT2D eigenvalue weighted by Crippen LogP contribution is -1.94. The molecule has 1 aromatic carbocycles. The molecule has 2 aromatic heterocycles. The smallest absolute Gasteiger partial charge is 0.200 e. The van der Waals surface area contributed by atoms with Gasteiger partial charge in [-0.3, -0.25) is 0 Å². The highest BCUT2D eigenvalue weighted by Crippen LogP contribution is 2.31. The summed E-state index contributed by atoms with van der Waals surface area (Å²) in [6.45, 7) is 0. The van der Waals surface area contributed by atoms with E-state index in [2.05, 4.69) is 10.2 Å². The van der Waals surface area contributed by atoms with Crippen LogP contribution in [-0.4, -0.2) is 14.8 Å².